The molecule has 0 saturated heterocycles. The van der Waals surface area contributed by atoms with Crippen molar-refractivity contribution in [1.29, 1.82) is 0 Å². The molecule has 0 aliphatic rings. The zero-order valence-corrected chi connectivity index (χ0v) is 15.9. The van der Waals surface area contributed by atoms with E-state index in [4.69, 9.17) is 9.47 Å². The van der Waals surface area contributed by atoms with Crippen molar-refractivity contribution in [3.63, 3.8) is 0 Å². The number of amides is 1. The first-order valence-corrected chi connectivity index (χ1v) is 8.64. The van der Waals surface area contributed by atoms with E-state index in [-0.39, 0.29) is 12.4 Å². The number of hydrogen-bond acceptors (Lipinski definition) is 5. The molecule has 0 radical (unpaired) electrons. The molecule has 0 fully saturated rings. The summed E-state index contributed by atoms with van der Waals surface area (Å²) < 4.78 is 11.2. The Balaban J connectivity index is 1.80. The van der Waals surface area contributed by atoms with Crippen molar-refractivity contribution in [1.82, 2.24) is 0 Å². The SMILES string of the molecule is CC(=O)c1ccc(NC(=O)C(C)OC(=O)COc2ccc(Br)cc2)cc1. The lowest BCUT2D eigenvalue weighted by molar-refractivity contribution is -0.155. The number of carbonyl (C=O) groups is 3. The van der Waals surface area contributed by atoms with Gasteiger partial charge >= 0.3 is 5.97 Å². The van der Waals surface area contributed by atoms with Crippen LogP contribution in [0, 0.1) is 0 Å². The lowest BCUT2D eigenvalue weighted by atomic mass is 10.1. The molecule has 1 amide bonds. The molecule has 26 heavy (non-hydrogen) atoms. The van der Waals surface area contributed by atoms with Crippen LogP contribution in [0.3, 0.4) is 0 Å². The number of ether oxygens (including phenoxy) is 2. The number of esters is 1. The quantitative estimate of drug-likeness (QED) is 0.547. The monoisotopic (exact) mass is 419 g/mol. The summed E-state index contributed by atoms with van der Waals surface area (Å²) in [7, 11) is 0. The molecule has 0 heterocycles. The molecule has 2 rings (SSSR count). The molecule has 0 saturated carbocycles. The van der Waals surface area contributed by atoms with Gasteiger partial charge in [-0.05, 0) is 62.4 Å². The summed E-state index contributed by atoms with van der Waals surface area (Å²) in [6.45, 7) is 2.63. The van der Waals surface area contributed by atoms with E-state index in [2.05, 4.69) is 21.2 Å². The van der Waals surface area contributed by atoms with E-state index in [1.54, 1.807) is 48.5 Å². The Labute approximate surface area is 159 Å². The molecule has 2 aromatic rings. The molecule has 0 bridgehead atoms. The largest absolute Gasteiger partial charge is 0.482 e. The number of hydrogen-bond donors (Lipinski definition) is 1. The van der Waals surface area contributed by atoms with E-state index in [0.29, 0.717) is 17.0 Å². The highest BCUT2D eigenvalue weighted by atomic mass is 79.9. The summed E-state index contributed by atoms with van der Waals surface area (Å²) >= 11 is 3.30. The highest BCUT2D eigenvalue weighted by Crippen LogP contribution is 2.16. The molecule has 6 nitrogen and oxygen atoms in total. The molecule has 7 heteroatoms. The van der Waals surface area contributed by atoms with Gasteiger partial charge < -0.3 is 14.8 Å². The summed E-state index contributed by atoms with van der Waals surface area (Å²) in [5.74, 6) is -0.663. The first kappa shape index (κ1) is 19.7. The normalized spacial score (nSPS) is 11.3. The number of benzene rings is 2. The van der Waals surface area contributed by atoms with E-state index < -0.39 is 18.0 Å². The number of carbonyl (C=O) groups excluding carboxylic acids is 3. The minimum absolute atomic E-state index is 0.0593. The molecule has 2 aromatic carbocycles. The summed E-state index contributed by atoms with van der Waals surface area (Å²) in [4.78, 5) is 35.1. The smallest absolute Gasteiger partial charge is 0.344 e. The van der Waals surface area contributed by atoms with Gasteiger partial charge in [0.15, 0.2) is 18.5 Å². The molecular weight excluding hydrogens is 402 g/mol. The van der Waals surface area contributed by atoms with Crippen LogP contribution in [0.2, 0.25) is 0 Å². The molecule has 136 valence electrons. The minimum Gasteiger partial charge on any atom is -0.482 e. The fourth-order valence-electron chi connectivity index (χ4n) is 1.99. The number of rotatable bonds is 7. The highest BCUT2D eigenvalue weighted by molar-refractivity contribution is 9.10. The molecular formula is C19H18BrNO5. The van der Waals surface area contributed by atoms with Gasteiger partial charge in [0.05, 0.1) is 0 Å². The van der Waals surface area contributed by atoms with Crippen LogP contribution in [-0.2, 0) is 14.3 Å². The third-order valence-electron chi connectivity index (χ3n) is 3.41. The topological polar surface area (TPSA) is 81.7 Å². The third kappa shape index (κ3) is 6.00. The van der Waals surface area contributed by atoms with E-state index in [0.717, 1.165) is 4.47 Å². The average molecular weight is 420 g/mol. The first-order chi connectivity index (χ1) is 12.3. The van der Waals surface area contributed by atoms with Gasteiger partial charge in [-0.2, -0.15) is 0 Å². The third-order valence-corrected chi connectivity index (χ3v) is 3.94. The highest BCUT2D eigenvalue weighted by Gasteiger charge is 2.18. The Morgan fingerprint density at radius 3 is 2.23 bits per heavy atom. The second-order valence-corrected chi connectivity index (χ2v) is 6.41. The Hall–Kier alpha value is -2.67. The van der Waals surface area contributed by atoms with Crippen molar-refractivity contribution in [2.24, 2.45) is 0 Å². The predicted molar refractivity (Wildman–Crippen MR) is 100 cm³/mol. The summed E-state index contributed by atoms with van der Waals surface area (Å²) in [5.41, 5.74) is 1.06. The van der Waals surface area contributed by atoms with Gasteiger partial charge in [0.1, 0.15) is 5.75 Å². The number of nitrogens with one attached hydrogen (secondary N) is 1. The summed E-state index contributed by atoms with van der Waals surface area (Å²) in [6, 6.07) is 13.4. The lowest BCUT2D eigenvalue weighted by Crippen LogP contribution is -2.31. The van der Waals surface area contributed by atoms with Crippen LogP contribution >= 0.6 is 15.9 Å². The van der Waals surface area contributed by atoms with Crippen molar-refractivity contribution < 1.29 is 23.9 Å². The van der Waals surface area contributed by atoms with E-state index in [1.807, 2.05) is 0 Å². The lowest BCUT2D eigenvalue weighted by Gasteiger charge is -2.14. The Morgan fingerprint density at radius 2 is 1.65 bits per heavy atom. The minimum atomic E-state index is -0.983. The number of ketones is 1. The summed E-state index contributed by atoms with van der Waals surface area (Å²) in [6.07, 6.45) is -0.983. The molecule has 0 aromatic heterocycles. The van der Waals surface area contributed by atoms with Crippen LogP contribution < -0.4 is 10.1 Å². The average Bonchev–Trinajstić information content (AvgIpc) is 2.61. The zero-order valence-electron chi connectivity index (χ0n) is 14.3. The van der Waals surface area contributed by atoms with Crippen LogP contribution in [0.15, 0.2) is 53.0 Å². The molecule has 1 N–H and O–H groups in total. The summed E-state index contributed by atoms with van der Waals surface area (Å²) in [5, 5.41) is 2.62. The second-order valence-electron chi connectivity index (χ2n) is 5.50. The molecule has 0 spiro atoms. The van der Waals surface area contributed by atoms with Crippen molar-refractivity contribution >= 4 is 39.3 Å². The Kier molecular flexibility index (Phi) is 6.91. The van der Waals surface area contributed by atoms with Crippen molar-refractivity contribution in [2.75, 3.05) is 11.9 Å². The van der Waals surface area contributed by atoms with Gasteiger partial charge in [0, 0.05) is 15.7 Å². The van der Waals surface area contributed by atoms with E-state index in [9.17, 15) is 14.4 Å². The number of halogens is 1. The number of Topliss-reactive ketones (excluding diaryl/α,β-unsaturated/α-hetero) is 1. The Bertz CT molecular complexity index is 787. The maximum Gasteiger partial charge on any atom is 0.344 e. The van der Waals surface area contributed by atoms with Crippen LogP contribution in [0.4, 0.5) is 5.69 Å². The van der Waals surface area contributed by atoms with Crippen LogP contribution in [0.1, 0.15) is 24.2 Å². The van der Waals surface area contributed by atoms with Crippen LogP contribution in [-0.4, -0.2) is 30.4 Å². The zero-order chi connectivity index (χ0) is 19.1. The second kappa shape index (κ2) is 9.15. The van der Waals surface area contributed by atoms with E-state index >= 15 is 0 Å². The van der Waals surface area contributed by atoms with Gasteiger partial charge in [0.25, 0.3) is 5.91 Å². The van der Waals surface area contributed by atoms with Crippen molar-refractivity contribution in [2.45, 2.75) is 20.0 Å². The molecule has 1 unspecified atom stereocenters. The Morgan fingerprint density at radius 1 is 1.04 bits per heavy atom. The van der Waals surface area contributed by atoms with Gasteiger partial charge in [-0.3, -0.25) is 9.59 Å². The van der Waals surface area contributed by atoms with Gasteiger partial charge in [-0.15, -0.1) is 0 Å². The molecule has 1 atom stereocenters. The molecule has 0 aliphatic carbocycles. The maximum absolute atomic E-state index is 12.1. The maximum atomic E-state index is 12.1. The fourth-order valence-corrected chi connectivity index (χ4v) is 2.25. The number of anilines is 1. The predicted octanol–water partition coefficient (Wildman–Crippen LogP) is 3.60. The van der Waals surface area contributed by atoms with Gasteiger partial charge in [-0.1, -0.05) is 15.9 Å². The fraction of sp³-hybridized carbons (Fsp3) is 0.211. The van der Waals surface area contributed by atoms with Crippen molar-refractivity contribution in [3.8, 4) is 5.75 Å². The standard InChI is InChI=1S/C19H18BrNO5/c1-12(22)14-3-7-16(8-4-14)21-19(24)13(2)26-18(23)11-25-17-9-5-15(20)6-10-17/h3-10,13H,11H2,1-2H3,(H,21,24). The van der Waals surface area contributed by atoms with Crippen LogP contribution in [0.5, 0.6) is 5.75 Å². The molecule has 0 aliphatic heterocycles. The van der Waals surface area contributed by atoms with Gasteiger partial charge in [-0.25, -0.2) is 4.79 Å². The first-order valence-electron chi connectivity index (χ1n) is 7.85. The van der Waals surface area contributed by atoms with Gasteiger partial charge in [0.2, 0.25) is 0 Å². The van der Waals surface area contributed by atoms with Crippen LogP contribution in [0.25, 0.3) is 0 Å². The van der Waals surface area contributed by atoms with Crippen molar-refractivity contribution in [3.05, 3.63) is 58.6 Å². The van der Waals surface area contributed by atoms with E-state index in [1.165, 1.54) is 13.8 Å².